The van der Waals surface area contributed by atoms with Gasteiger partial charge in [-0.15, -0.1) is 0 Å². The maximum atomic E-state index is 13.0. The Labute approximate surface area is 190 Å². The number of likely N-dealkylation sites (tertiary alicyclic amines) is 1. The Morgan fingerprint density at radius 1 is 1.09 bits per heavy atom. The number of piperidine rings is 1. The average molecular weight is 453 g/mol. The van der Waals surface area contributed by atoms with Crippen molar-refractivity contribution in [1.82, 2.24) is 15.1 Å². The zero-order chi connectivity index (χ0) is 23.2. The third-order valence-corrected chi connectivity index (χ3v) is 6.38. The Balaban J connectivity index is 1.22. The lowest BCUT2D eigenvalue weighted by Crippen LogP contribution is -2.55. The van der Waals surface area contributed by atoms with E-state index < -0.39 is 12.0 Å². The van der Waals surface area contributed by atoms with E-state index in [2.05, 4.69) is 11.9 Å². The van der Waals surface area contributed by atoms with Gasteiger partial charge in [0, 0.05) is 23.4 Å². The van der Waals surface area contributed by atoms with Crippen LogP contribution in [-0.2, 0) is 24.5 Å². The number of carbonyl (C=O) groups excluding carboxylic acids is 2. The molecule has 8 heteroatoms. The normalized spacial score (nSPS) is 22.1. The molecule has 0 bridgehead atoms. The van der Waals surface area contributed by atoms with E-state index in [1.807, 2.05) is 30.3 Å². The molecule has 0 aliphatic carbocycles. The molecule has 1 unspecified atom stereocenters. The Morgan fingerprint density at radius 2 is 1.82 bits per heavy atom. The Kier molecular flexibility index (Phi) is 5.40. The minimum atomic E-state index is -2.56. The monoisotopic (exact) mass is 453 g/mol. The molecule has 2 aromatic rings. The third-order valence-electron chi connectivity index (χ3n) is 6.38. The summed E-state index contributed by atoms with van der Waals surface area (Å²) < 4.78 is 32.0. The molecule has 0 aromatic heterocycles. The van der Waals surface area contributed by atoms with Crippen molar-refractivity contribution >= 4 is 11.8 Å². The van der Waals surface area contributed by atoms with Crippen molar-refractivity contribution in [3.05, 3.63) is 77.0 Å². The van der Waals surface area contributed by atoms with Crippen LogP contribution >= 0.6 is 0 Å². The number of benzene rings is 2. The largest absolute Gasteiger partial charge is 0.489 e. The van der Waals surface area contributed by atoms with Gasteiger partial charge in [-0.1, -0.05) is 36.9 Å². The van der Waals surface area contributed by atoms with Gasteiger partial charge in [0.1, 0.15) is 18.4 Å². The highest BCUT2D eigenvalue weighted by Crippen LogP contribution is 2.34. The summed E-state index contributed by atoms with van der Waals surface area (Å²) >= 11 is 0. The van der Waals surface area contributed by atoms with Crippen LogP contribution in [0.1, 0.15) is 39.9 Å². The molecule has 1 atom stereocenters. The minimum absolute atomic E-state index is 0.163. The number of nitrogens with one attached hydrogen (secondary N) is 1. The van der Waals surface area contributed by atoms with Gasteiger partial charge in [-0.3, -0.25) is 14.5 Å². The van der Waals surface area contributed by atoms with Gasteiger partial charge in [0.25, 0.3) is 11.8 Å². The topological polar surface area (TPSA) is 61.9 Å². The van der Waals surface area contributed by atoms with Gasteiger partial charge in [-0.25, -0.2) is 8.78 Å². The Hall–Kier alpha value is -3.26. The van der Waals surface area contributed by atoms with Gasteiger partial charge in [-0.05, 0) is 36.1 Å². The number of ether oxygens (including phenoxy) is 1. The molecule has 2 fully saturated rings. The summed E-state index contributed by atoms with van der Waals surface area (Å²) in [5.41, 5.74) is 3.95. The molecule has 3 aliphatic heterocycles. The fourth-order valence-electron chi connectivity index (χ4n) is 4.65. The van der Waals surface area contributed by atoms with Crippen LogP contribution < -0.4 is 10.1 Å². The first kappa shape index (κ1) is 21.6. The first-order chi connectivity index (χ1) is 15.8. The van der Waals surface area contributed by atoms with Crippen LogP contribution in [0.3, 0.4) is 0 Å². The Morgan fingerprint density at radius 3 is 2.52 bits per heavy atom. The van der Waals surface area contributed by atoms with E-state index in [0.717, 1.165) is 16.7 Å². The van der Waals surface area contributed by atoms with Crippen LogP contribution in [0.15, 0.2) is 54.7 Å². The number of carbonyl (C=O) groups is 2. The van der Waals surface area contributed by atoms with E-state index >= 15 is 0 Å². The van der Waals surface area contributed by atoms with Gasteiger partial charge in [0.15, 0.2) is 0 Å². The van der Waals surface area contributed by atoms with Gasteiger partial charge < -0.3 is 15.0 Å². The SMILES string of the molecule is C=C1CCC(N2Cc3c(OCc4ccc(CN5CC(F)(F)C5)cc4)cccc3C2=O)C(=O)N1. The number of rotatable bonds is 6. The zero-order valence-electron chi connectivity index (χ0n) is 18.2. The molecular weight excluding hydrogens is 428 g/mol. The Bertz CT molecular complexity index is 1110. The number of hydrogen-bond donors (Lipinski definition) is 1. The fraction of sp³-hybridized carbons (Fsp3) is 0.360. The van der Waals surface area contributed by atoms with Crippen molar-refractivity contribution in [1.29, 1.82) is 0 Å². The van der Waals surface area contributed by atoms with Gasteiger partial charge in [-0.2, -0.15) is 0 Å². The van der Waals surface area contributed by atoms with Crippen LogP contribution in [0, 0.1) is 0 Å². The highest BCUT2D eigenvalue weighted by Gasteiger charge is 2.43. The summed E-state index contributed by atoms with van der Waals surface area (Å²) in [6, 6.07) is 12.6. The molecule has 2 aromatic carbocycles. The molecule has 2 saturated heterocycles. The molecule has 3 aliphatic rings. The van der Waals surface area contributed by atoms with Crippen LogP contribution in [0.4, 0.5) is 8.78 Å². The van der Waals surface area contributed by atoms with Crippen molar-refractivity contribution in [3.63, 3.8) is 0 Å². The van der Waals surface area contributed by atoms with E-state index in [1.54, 1.807) is 21.9 Å². The minimum Gasteiger partial charge on any atom is -0.489 e. The second kappa shape index (κ2) is 8.26. The van der Waals surface area contributed by atoms with E-state index in [0.29, 0.717) is 49.5 Å². The predicted octanol–water partition coefficient (Wildman–Crippen LogP) is 3.46. The van der Waals surface area contributed by atoms with E-state index in [9.17, 15) is 18.4 Å². The smallest absolute Gasteiger partial charge is 0.272 e. The van der Waals surface area contributed by atoms with Crippen molar-refractivity contribution < 1.29 is 23.1 Å². The molecule has 0 radical (unpaired) electrons. The van der Waals surface area contributed by atoms with E-state index in [-0.39, 0.29) is 24.9 Å². The van der Waals surface area contributed by atoms with E-state index in [1.165, 1.54) is 0 Å². The summed E-state index contributed by atoms with van der Waals surface area (Å²) in [6.07, 6.45) is 1.21. The lowest BCUT2D eigenvalue weighted by Gasteiger charge is -2.38. The molecule has 5 rings (SSSR count). The molecular formula is C25H25F2N3O3. The molecule has 0 spiro atoms. The van der Waals surface area contributed by atoms with Crippen molar-refractivity contribution in [2.24, 2.45) is 0 Å². The second-order valence-electron chi connectivity index (χ2n) is 8.97. The predicted molar refractivity (Wildman–Crippen MR) is 118 cm³/mol. The van der Waals surface area contributed by atoms with E-state index in [4.69, 9.17) is 4.74 Å². The summed E-state index contributed by atoms with van der Waals surface area (Å²) in [5.74, 6) is -2.30. The maximum Gasteiger partial charge on any atom is 0.272 e. The number of amides is 2. The standard InChI is InChI=1S/C25H25F2N3O3/c1-16-5-10-21(23(31)28-16)30-12-20-19(24(30)32)3-2-4-22(20)33-13-18-8-6-17(7-9-18)11-29-14-25(26,27)15-29/h2-4,6-9,21H,1,5,10-15H2,(H,28,31). The van der Waals surface area contributed by atoms with Crippen LogP contribution in [0.5, 0.6) is 5.75 Å². The van der Waals surface area contributed by atoms with Crippen molar-refractivity contribution in [2.75, 3.05) is 13.1 Å². The van der Waals surface area contributed by atoms with Crippen molar-refractivity contribution in [2.45, 2.75) is 44.5 Å². The number of hydrogen-bond acceptors (Lipinski definition) is 4. The first-order valence-electron chi connectivity index (χ1n) is 11.0. The number of alkyl halides is 2. The first-order valence-corrected chi connectivity index (χ1v) is 11.0. The van der Waals surface area contributed by atoms with Crippen molar-refractivity contribution in [3.8, 4) is 5.75 Å². The zero-order valence-corrected chi connectivity index (χ0v) is 18.2. The molecule has 3 heterocycles. The average Bonchev–Trinajstić information content (AvgIpc) is 3.09. The summed E-state index contributed by atoms with van der Waals surface area (Å²) in [6.45, 7) is 4.56. The van der Waals surface area contributed by atoms with Gasteiger partial charge in [0.05, 0.1) is 19.6 Å². The molecule has 2 amide bonds. The fourth-order valence-corrected chi connectivity index (χ4v) is 4.65. The summed E-state index contributed by atoms with van der Waals surface area (Å²) in [5, 5.41) is 2.74. The molecule has 1 N–H and O–H groups in total. The summed E-state index contributed by atoms with van der Waals surface area (Å²) in [4.78, 5) is 28.7. The number of allylic oxidation sites excluding steroid dienone is 1. The quantitative estimate of drug-likeness (QED) is 0.728. The van der Waals surface area contributed by atoms with Crippen LogP contribution in [-0.4, -0.2) is 46.7 Å². The highest BCUT2D eigenvalue weighted by atomic mass is 19.3. The molecule has 33 heavy (non-hydrogen) atoms. The maximum absolute atomic E-state index is 13.0. The van der Waals surface area contributed by atoms with Gasteiger partial charge in [0.2, 0.25) is 5.91 Å². The number of halogens is 2. The summed E-state index contributed by atoms with van der Waals surface area (Å²) in [7, 11) is 0. The van der Waals surface area contributed by atoms with Crippen LogP contribution in [0.2, 0.25) is 0 Å². The molecule has 0 saturated carbocycles. The number of nitrogens with zero attached hydrogens (tertiary/aromatic N) is 2. The molecule has 6 nitrogen and oxygen atoms in total. The lowest BCUT2D eigenvalue weighted by molar-refractivity contribution is -0.133. The highest BCUT2D eigenvalue weighted by molar-refractivity contribution is 6.02. The second-order valence-corrected chi connectivity index (χ2v) is 8.97. The van der Waals surface area contributed by atoms with Gasteiger partial charge >= 0.3 is 0 Å². The molecule has 172 valence electrons. The lowest BCUT2D eigenvalue weighted by atomic mass is 10.0. The third kappa shape index (κ3) is 4.35. The van der Waals surface area contributed by atoms with Crippen LogP contribution in [0.25, 0.3) is 0 Å². The number of fused-ring (bicyclic) bond motifs is 1.